The third kappa shape index (κ3) is 6.60. The molecule has 2 aliphatic heterocycles. The number of aromatic nitrogens is 5. The van der Waals surface area contributed by atoms with Crippen LogP contribution >= 0.6 is 23.2 Å². The summed E-state index contributed by atoms with van der Waals surface area (Å²) in [6.07, 6.45) is 1.60. The first-order valence-electron chi connectivity index (χ1n) is 20.6. The van der Waals surface area contributed by atoms with E-state index in [1.165, 1.54) is 55.5 Å². The number of carbonyl (C=O) groups is 2. The summed E-state index contributed by atoms with van der Waals surface area (Å²) in [7, 11) is 8.81. The summed E-state index contributed by atoms with van der Waals surface area (Å²) in [6, 6.07) is 16.8. The summed E-state index contributed by atoms with van der Waals surface area (Å²) in [6.45, 7) is -0.305. The molecule has 4 heterocycles. The number of hydrogen-bond acceptors (Lipinski definition) is 13. The molecule has 2 amide bonds. The van der Waals surface area contributed by atoms with Gasteiger partial charge in [-0.05, 0) is 65.6 Å². The number of anilines is 1. The van der Waals surface area contributed by atoms with Crippen molar-refractivity contribution >= 4 is 51.7 Å². The summed E-state index contributed by atoms with van der Waals surface area (Å²) in [5, 5.41) is 12.5. The van der Waals surface area contributed by atoms with E-state index in [0.717, 1.165) is 9.58 Å². The molecule has 9 rings (SSSR count). The molecule has 18 nitrogen and oxygen atoms in total. The van der Waals surface area contributed by atoms with Crippen LogP contribution in [0.4, 0.5) is 5.69 Å². The standard InChI is InChI=1S/C46H43Cl2N7O11/c1-51-34-22-36(64-4)35(63-3)21-32(34)49-31(42(51)58)14-15-52-44(60)53-16-13-27-33(55(53)45(52)61)20-28-41(57)54(50-30-12-9-25(47)19-29(30)48)43(59)46(28,24-7-10-26(62-2)11-8-24)39(27)23-17-37(65-5)40(56)38(18-23)66-6/h7-13,17-19,21-22,28,33,39,50,56H,14-16,20H2,1-6H3. The molecule has 66 heavy (non-hydrogen) atoms. The van der Waals surface area contributed by atoms with Crippen molar-refractivity contribution in [3.63, 3.8) is 0 Å². The number of amides is 2. The number of carbonyl (C=O) groups excluding carboxylic acids is 2. The van der Waals surface area contributed by atoms with E-state index in [0.29, 0.717) is 50.0 Å². The molecule has 6 aromatic rings. The molecule has 342 valence electrons. The Bertz CT molecular complexity index is 3190. The fraction of sp³-hybridized carbons (Fsp3) is 0.304. The van der Waals surface area contributed by atoms with Crippen molar-refractivity contribution in [3.8, 4) is 34.5 Å². The molecule has 4 aromatic carbocycles. The first-order valence-corrected chi connectivity index (χ1v) is 21.4. The van der Waals surface area contributed by atoms with Crippen LogP contribution in [0.1, 0.15) is 35.2 Å². The Balaban J connectivity index is 1.21. The van der Waals surface area contributed by atoms with Gasteiger partial charge in [0.25, 0.3) is 17.4 Å². The zero-order chi connectivity index (χ0) is 46.9. The van der Waals surface area contributed by atoms with Crippen LogP contribution in [0.2, 0.25) is 10.0 Å². The lowest BCUT2D eigenvalue weighted by molar-refractivity contribution is -0.138. The number of ether oxygens (including phenoxy) is 5. The maximum absolute atomic E-state index is 15.7. The molecule has 1 aliphatic carbocycles. The van der Waals surface area contributed by atoms with Crippen molar-refractivity contribution in [3.05, 3.63) is 137 Å². The summed E-state index contributed by atoms with van der Waals surface area (Å²) < 4.78 is 32.7. The quantitative estimate of drug-likeness (QED) is 0.123. The SMILES string of the molecule is COc1ccc(C23C(=O)N(Nc4ccc(Cl)cc4Cl)C(=O)C2CC2C(=CCn4c(=O)n(CCc5nc6cc(OC)c(OC)cc6n(C)c5=O)c(=O)n42)C3c2cc(OC)c(O)c(OC)c2)cc1. The Morgan fingerprint density at radius 2 is 1.48 bits per heavy atom. The zero-order valence-electron chi connectivity index (χ0n) is 36.5. The Kier molecular flexibility index (Phi) is 11.1. The highest BCUT2D eigenvalue weighted by atomic mass is 35.5. The fourth-order valence-electron chi connectivity index (χ4n) is 9.89. The molecular formula is C46H43Cl2N7O11. The monoisotopic (exact) mass is 939 g/mol. The second kappa shape index (κ2) is 16.7. The fourth-order valence-corrected chi connectivity index (χ4v) is 10.3. The third-order valence-electron chi connectivity index (χ3n) is 13.0. The molecule has 0 spiro atoms. The van der Waals surface area contributed by atoms with Gasteiger partial charge in [-0.15, -0.1) is 0 Å². The molecule has 4 unspecified atom stereocenters. The van der Waals surface area contributed by atoms with Gasteiger partial charge in [0.15, 0.2) is 23.0 Å². The number of aryl methyl sites for hydroxylation is 2. The van der Waals surface area contributed by atoms with Gasteiger partial charge in [-0.3, -0.25) is 19.8 Å². The number of hydrazine groups is 1. The van der Waals surface area contributed by atoms with E-state index >= 15 is 9.59 Å². The van der Waals surface area contributed by atoms with Crippen LogP contribution in [0.25, 0.3) is 11.0 Å². The van der Waals surface area contributed by atoms with Gasteiger partial charge in [0.1, 0.15) is 11.4 Å². The van der Waals surface area contributed by atoms with Crippen LogP contribution in [0.3, 0.4) is 0 Å². The van der Waals surface area contributed by atoms with Gasteiger partial charge in [-0.2, -0.15) is 5.01 Å². The Morgan fingerprint density at radius 1 is 0.818 bits per heavy atom. The lowest BCUT2D eigenvalue weighted by atomic mass is 9.53. The van der Waals surface area contributed by atoms with Crippen LogP contribution in [0.5, 0.6) is 34.5 Å². The zero-order valence-corrected chi connectivity index (χ0v) is 38.0. The van der Waals surface area contributed by atoms with Crippen molar-refractivity contribution in [1.29, 1.82) is 0 Å². The first-order chi connectivity index (χ1) is 31.7. The van der Waals surface area contributed by atoms with Crippen LogP contribution in [0, 0.1) is 5.92 Å². The van der Waals surface area contributed by atoms with Gasteiger partial charge in [0.05, 0.1) is 81.2 Å². The van der Waals surface area contributed by atoms with Gasteiger partial charge < -0.3 is 33.4 Å². The number of aromatic hydroxyl groups is 1. The van der Waals surface area contributed by atoms with Gasteiger partial charge in [-0.25, -0.2) is 28.5 Å². The molecule has 1 saturated carbocycles. The number of phenols is 1. The minimum absolute atomic E-state index is 0.0234. The summed E-state index contributed by atoms with van der Waals surface area (Å²) in [5.74, 6) is -2.46. The van der Waals surface area contributed by atoms with Gasteiger partial charge in [-0.1, -0.05) is 41.4 Å². The highest BCUT2D eigenvalue weighted by molar-refractivity contribution is 6.36. The number of imide groups is 1. The lowest BCUT2D eigenvalue weighted by Gasteiger charge is -2.49. The van der Waals surface area contributed by atoms with E-state index in [9.17, 15) is 19.5 Å². The number of fused-ring (bicyclic) bond motifs is 5. The molecule has 2 aromatic heterocycles. The Hall–Kier alpha value is -7.18. The van der Waals surface area contributed by atoms with Crippen LogP contribution in [-0.4, -0.2) is 81.0 Å². The molecule has 2 N–H and O–H groups in total. The van der Waals surface area contributed by atoms with Crippen LogP contribution in [-0.2, 0) is 41.6 Å². The largest absolute Gasteiger partial charge is 0.502 e. The maximum Gasteiger partial charge on any atom is 0.347 e. The van der Waals surface area contributed by atoms with Crippen molar-refractivity contribution in [2.45, 2.75) is 43.3 Å². The van der Waals surface area contributed by atoms with Crippen LogP contribution < -0.4 is 46.0 Å². The van der Waals surface area contributed by atoms with E-state index in [1.54, 1.807) is 73.8 Å². The summed E-state index contributed by atoms with van der Waals surface area (Å²) in [4.78, 5) is 78.2. The van der Waals surface area contributed by atoms with Crippen molar-refractivity contribution in [2.75, 3.05) is 41.0 Å². The number of benzene rings is 4. The number of rotatable bonds is 12. The van der Waals surface area contributed by atoms with E-state index in [1.807, 2.05) is 0 Å². The minimum atomic E-state index is -1.73. The molecular weight excluding hydrogens is 897 g/mol. The average Bonchev–Trinajstić information content (AvgIpc) is 3.69. The Labute approximate surface area is 385 Å². The molecule has 20 heteroatoms. The number of allylic oxidation sites excluding steroid dienone is 2. The van der Waals surface area contributed by atoms with Crippen molar-refractivity contribution in [1.82, 2.24) is 28.5 Å². The average molecular weight is 941 g/mol. The number of hydrogen-bond donors (Lipinski definition) is 2. The Morgan fingerprint density at radius 3 is 2.12 bits per heavy atom. The highest BCUT2D eigenvalue weighted by Crippen LogP contribution is 2.63. The number of methoxy groups -OCH3 is 5. The number of halogens is 2. The van der Waals surface area contributed by atoms with E-state index in [2.05, 4.69) is 10.4 Å². The van der Waals surface area contributed by atoms with E-state index in [-0.39, 0.29) is 59.6 Å². The maximum atomic E-state index is 15.7. The van der Waals surface area contributed by atoms with Gasteiger partial charge in [0.2, 0.25) is 5.75 Å². The number of nitrogens with one attached hydrogen (secondary N) is 1. The number of phenolic OH excluding ortho intramolecular Hbond substituents is 1. The van der Waals surface area contributed by atoms with E-state index in [4.69, 9.17) is 46.9 Å². The first kappa shape index (κ1) is 44.0. The predicted molar refractivity (Wildman–Crippen MR) is 243 cm³/mol. The molecule has 1 saturated heterocycles. The van der Waals surface area contributed by atoms with Gasteiger partial charge >= 0.3 is 11.4 Å². The van der Waals surface area contributed by atoms with E-state index < -0.39 is 52.0 Å². The van der Waals surface area contributed by atoms with Crippen molar-refractivity contribution in [2.24, 2.45) is 13.0 Å². The predicted octanol–water partition coefficient (Wildman–Crippen LogP) is 4.98. The number of nitrogens with zero attached hydrogens (tertiary/aromatic N) is 6. The molecule has 4 atom stereocenters. The summed E-state index contributed by atoms with van der Waals surface area (Å²) in [5.41, 5.74) is 2.11. The molecule has 0 radical (unpaired) electrons. The second-order valence-electron chi connectivity index (χ2n) is 16.0. The summed E-state index contributed by atoms with van der Waals surface area (Å²) >= 11 is 12.8. The second-order valence-corrected chi connectivity index (χ2v) is 16.9. The molecule has 3 aliphatic rings. The highest BCUT2D eigenvalue weighted by Gasteiger charge is 2.69. The van der Waals surface area contributed by atoms with Gasteiger partial charge in [0, 0.05) is 43.1 Å². The smallest absolute Gasteiger partial charge is 0.347 e. The normalized spacial score (nSPS) is 19.8. The van der Waals surface area contributed by atoms with Crippen LogP contribution in [0.15, 0.2) is 92.8 Å². The third-order valence-corrected chi connectivity index (χ3v) is 13.5. The lowest BCUT2D eigenvalue weighted by Crippen LogP contribution is -2.53. The topological polar surface area (TPSA) is 200 Å². The molecule has 0 bridgehead atoms. The minimum Gasteiger partial charge on any atom is -0.502 e. The van der Waals surface area contributed by atoms with Crippen molar-refractivity contribution < 1.29 is 38.4 Å². The molecule has 2 fully saturated rings.